The molecule has 41 heavy (non-hydrogen) atoms. The van der Waals surface area contributed by atoms with Gasteiger partial charge >= 0.3 is 12.1 Å². The second kappa shape index (κ2) is 13.3. The molecular formula is C30H34ClNO7S2. The number of carbonyl (C=O) groups is 2. The molecule has 3 rings (SSSR count). The number of sulfone groups is 1. The lowest BCUT2D eigenvalue weighted by molar-refractivity contribution is 0.00546. The lowest BCUT2D eigenvalue weighted by Gasteiger charge is -2.33. The first-order valence-electron chi connectivity index (χ1n) is 12.8. The van der Waals surface area contributed by atoms with E-state index in [4.69, 9.17) is 16.3 Å². The molecule has 0 spiro atoms. The Bertz CT molecular complexity index is 1500. The molecule has 3 aromatic rings. The van der Waals surface area contributed by atoms with Crippen molar-refractivity contribution in [3.05, 3.63) is 88.4 Å². The van der Waals surface area contributed by atoms with Crippen molar-refractivity contribution < 1.29 is 33.0 Å². The molecule has 0 unspecified atom stereocenters. The number of halogens is 1. The van der Waals surface area contributed by atoms with Gasteiger partial charge in [0.15, 0.2) is 0 Å². The van der Waals surface area contributed by atoms with Crippen LogP contribution in [0.2, 0.25) is 5.02 Å². The Kier molecular flexibility index (Phi) is 10.5. The van der Waals surface area contributed by atoms with E-state index in [1.54, 1.807) is 69.5 Å². The first-order valence-corrected chi connectivity index (χ1v) is 15.9. The maximum Gasteiger partial charge on any atom is 0.410 e. The number of rotatable bonds is 10. The van der Waals surface area contributed by atoms with Gasteiger partial charge in [-0.05, 0) is 94.0 Å². The Morgan fingerprint density at radius 3 is 2.27 bits per heavy atom. The fourth-order valence-corrected chi connectivity index (χ4v) is 6.25. The topological polar surface area (TPSA) is 121 Å². The van der Waals surface area contributed by atoms with Gasteiger partial charge in [0.1, 0.15) is 5.60 Å². The third-order valence-electron chi connectivity index (χ3n) is 6.23. The minimum Gasteiger partial charge on any atom is -0.478 e. The molecule has 0 aliphatic heterocycles. The number of hydrogen-bond acceptors (Lipinski definition) is 7. The number of hydrogen-bond donors (Lipinski definition) is 2. The van der Waals surface area contributed by atoms with Crippen molar-refractivity contribution in [2.75, 3.05) is 12.8 Å². The second-order valence-electron chi connectivity index (χ2n) is 10.6. The van der Waals surface area contributed by atoms with E-state index in [1.165, 1.54) is 40.9 Å². The highest BCUT2D eigenvalue weighted by molar-refractivity contribution is 7.98. The van der Waals surface area contributed by atoms with E-state index in [1.807, 2.05) is 6.92 Å². The Balaban J connectivity index is 1.85. The summed E-state index contributed by atoms with van der Waals surface area (Å²) in [5.41, 5.74) is 0.243. The number of nitrogens with zero attached hydrogens (tertiary/aromatic N) is 1. The standard InChI is InChI=1S/C30H34ClNO7S2/c1-19(32(29(36)39-30(2,3)4)18-26(33)21-7-6-8-22(31)16-21)15-20-9-12-24(13-10-20)41(37,38)27-14-11-23(40-5)17-25(27)28(34)35/h6-14,16-17,19,26,33H,15,18H2,1-5H3,(H,34,35)/t19-,26-/m1/s1. The number of aliphatic hydroxyl groups is 1. The van der Waals surface area contributed by atoms with Crippen LogP contribution in [0.25, 0.3) is 0 Å². The smallest absolute Gasteiger partial charge is 0.410 e. The fraction of sp³-hybridized carbons (Fsp3) is 0.333. The van der Waals surface area contributed by atoms with Crippen LogP contribution in [0.3, 0.4) is 0 Å². The molecule has 0 aromatic heterocycles. The van der Waals surface area contributed by atoms with Crippen LogP contribution in [0, 0.1) is 0 Å². The number of carbonyl (C=O) groups excluding carboxylic acids is 1. The van der Waals surface area contributed by atoms with Crippen LogP contribution in [0.5, 0.6) is 0 Å². The SMILES string of the molecule is CSc1ccc(S(=O)(=O)c2ccc(C[C@@H](C)N(C[C@@H](O)c3cccc(Cl)c3)C(=O)OC(C)(C)C)cc2)c(C(=O)O)c1. The molecule has 0 heterocycles. The summed E-state index contributed by atoms with van der Waals surface area (Å²) in [5, 5.41) is 21.0. The minimum absolute atomic E-state index is 0.0475. The van der Waals surface area contributed by atoms with Crippen molar-refractivity contribution in [2.24, 2.45) is 0 Å². The molecule has 11 heteroatoms. The third-order valence-corrected chi connectivity index (χ3v) is 9.02. The zero-order valence-corrected chi connectivity index (χ0v) is 25.9. The van der Waals surface area contributed by atoms with Crippen molar-refractivity contribution in [2.45, 2.75) is 66.5 Å². The average molecular weight is 620 g/mol. The number of benzene rings is 3. The highest BCUT2D eigenvalue weighted by atomic mass is 35.5. The zero-order valence-electron chi connectivity index (χ0n) is 23.5. The lowest BCUT2D eigenvalue weighted by atomic mass is 10.0. The van der Waals surface area contributed by atoms with Gasteiger partial charge in [0.2, 0.25) is 9.84 Å². The number of amides is 1. The number of carboxylic acids is 1. The Labute approximate surface area is 250 Å². The van der Waals surface area contributed by atoms with Crippen molar-refractivity contribution in [1.29, 1.82) is 0 Å². The van der Waals surface area contributed by atoms with E-state index in [9.17, 15) is 28.2 Å². The van der Waals surface area contributed by atoms with Crippen molar-refractivity contribution in [3.63, 3.8) is 0 Å². The van der Waals surface area contributed by atoms with Gasteiger partial charge in [0.05, 0.1) is 28.0 Å². The summed E-state index contributed by atoms with van der Waals surface area (Å²) in [7, 11) is -4.10. The second-order valence-corrected chi connectivity index (χ2v) is 13.8. The normalized spacial score (nSPS) is 13.3. The van der Waals surface area contributed by atoms with Gasteiger partial charge in [-0.15, -0.1) is 11.8 Å². The largest absolute Gasteiger partial charge is 0.478 e. The first kappa shape index (κ1) is 32.5. The molecule has 1 amide bonds. The van der Waals surface area contributed by atoms with Crippen molar-refractivity contribution in [1.82, 2.24) is 4.90 Å². The Hall–Kier alpha value is -3.05. The number of aromatic carboxylic acids is 1. The number of thioether (sulfide) groups is 1. The van der Waals surface area contributed by atoms with E-state index < -0.39 is 39.6 Å². The molecule has 8 nitrogen and oxygen atoms in total. The number of carboxylic acid groups (broad SMARTS) is 1. The summed E-state index contributed by atoms with van der Waals surface area (Å²) in [6, 6.07) is 16.7. The van der Waals surface area contributed by atoms with E-state index >= 15 is 0 Å². The van der Waals surface area contributed by atoms with Crippen molar-refractivity contribution in [3.8, 4) is 0 Å². The van der Waals surface area contributed by atoms with Crippen molar-refractivity contribution >= 4 is 45.3 Å². The maximum atomic E-state index is 13.3. The Morgan fingerprint density at radius 2 is 1.71 bits per heavy atom. The predicted octanol–water partition coefficient (Wildman–Crippen LogP) is 6.49. The molecule has 0 bridgehead atoms. The third kappa shape index (κ3) is 8.48. The highest BCUT2D eigenvalue weighted by Crippen LogP contribution is 2.29. The van der Waals surface area contributed by atoms with Crippen LogP contribution in [0.15, 0.2) is 81.4 Å². The minimum atomic E-state index is -4.10. The van der Waals surface area contributed by atoms with Crippen LogP contribution in [0.1, 0.15) is 55.3 Å². The van der Waals surface area contributed by atoms with Crippen LogP contribution in [0.4, 0.5) is 4.79 Å². The lowest BCUT2D eigenvalue weighted by Crippen LogP contribution is -2.45. The highest BCUT2D eigenvalue weighted by Gasteiger charge is 2.29. The van der Waals surface area contributed by atoms with Gasteiger partial charge in [0, 0.05) is 16.0 Å². The van der Waals surface area contributed by atoms with Gasteiger partial charge in [-0.2, -0.15) is 0 Å². The molecule has 0 aliphatic carbocycles. The van der Waals surface area contributed by atoms with Crippen LogP contribution in [-0.2, 0) is 21.0 Å². The summed E-state index contributed by atoms with van der Waals surface area (Å²) < 4.78 is 32.3. The van der Waals surface area contributed by atoms with E-state index in [-0.39, 0.29) is 21.9 Å². The molecule has 220 valence electrons. The number of ether oxygens (including phenoxy) is 1. The summed E-state index contributed by atoms with van der Waals surface area (Å²) in [4.78, 5) is 26.7. The molecule has 2 N–H and O–H groups in total. The summed E-state index contributed by atoms with van der Waals surface area (Å²) in [6.07, 6.45) is 0.499. The fourth-order valence-electron chi connectivity index (χ4n) is 4.18. The van der Waals surface area contributed by atoms with Crippen LogP contribution < -0.4 is 0 Å². The average Bonchev–Trinajstić information content (AvgIpc) is 2.90. The van der Waals surface area contributed by atoms with E-state index in [0.29, 0.717) is 21.9 Å². The molecule has 2 atom stereocenters. The molecule has 0 radical (unpaired) electrons. The summed E-state index contributed by atoms with van der Waals surface area (Å²) >= 11 is 7.39. The van der Waals surface area contributed by atoms with Crippen LogP contribution >= 0.6 is 23.4 Å². The van der Waals surface area contributed by atoms with Gasteiger partial charge in [0.25, 0.3) is 0 Å². The number of aliphatic hydroxyl groups excluding tert-OH is 1. The van der Waals surface area contributed by atoms with Gasteiger partial charge in [-0.25, -0.2) is 18.0 Å². The van der Waals surface area contributed by atoms with Crippen LogP contribution in [-0.4, -0.2) is 60.0 Å². The van der Waals surface area contributed by atoms with Gasteiger partial charge in [-0.3, -0.25) is 0 Å². The summed E-state index contributed by atoms with van der Waals surface area (Å²) in [5.74, 6) is -1.33. The quantitative estimate of drug-likeness (QED) is 0.247. The molecule has 0 fully saturated rings. The van der Waals surface area contributed by atoms with E-state index in [2.05, 4.69) is 0 Å². The monoisotopic (exact) mass is 619 g/mol. The summed E-state index contributed by atoms with van der Waals surface area (Å²) in [6.45, 7) is 7.03. The maximum absolute atomic E-state index is 13.3. The molecule has 0 saturated carbocycles. The zero-order chi connectivity index (χ0) is 30.5. The molecule has 0 saturated heterocycles. The first-order chi connectivity index (χ1) is 19.1. The molecular weight excluding hydrogens is 586 g/mol. The van der Waals surface area contributed by atoms with Gasteiger partial charge in [-0.1, -0.05) is 35.9 Å². The van der Waals surface area contributed by atoms with Gasteiger partial charge < -0.3 is 19.8 Å². The molecule has 0 aliphatic rings. The molecule has 3 aromatic carbocycles. The predicted molar refractivity (Wildman–Crippen MR) is 160 cm³/mol. The Morgan fingerprint density at radius 1 is 1.05 bits per heavy atom. The van der Waals surface area contributed by atoms with E-state index in [0.717, 1.165) is 5.56 Å².